The van der Waals surface area contributed by atoms with Crippen LogP contribution in [0.3, 0.4) is 0 Å². The van der Waals surface area contributed by atoms with Gasteiger partial charge >= 0.3 is 12.1 Å². The molecule has 1 aromatic carbocycles. The van der Waals surface area contributed by atoms with Crippen LogP contribution in [0.1, 0.15) is 6.42 Å². The lowest BCUT2D eigenvalue weighted by molar-refractivity contribution is -0.274. The van der Waals surface area contributed by atoms with Gasteiger partial charge in [-0.3, -0.25) is 14.3 Å². The predicted molar refractivity (Wildman–Crippen MR) is 111 cm³/mol. The van der Waals surface area contributed by atoms with E-state index in [4.69, 9.17) is 4.74 Å². The second-order valence-corrected chi connectivity index (χ2v) is 6.96. The first-order valence-corrected chi connectivity index (χ1v) is 9.57. The monoisotopic (exact) mass is 482 g/mol. The largest absolute Gasteiger partial charge is 0.573 e. The fourth-order valence-corrected chi connectivity index (χ4v) is 3.46. The number of benzene rings is 1. The van der Waals surface area contributed by atoms with Gasteiger partial charge in [-0.2, -0.15) is 0 Å². The number of ether oxygens (including phenoxy) is 2. The summed E-state index contributed by atoms with van der Waals surface area (Å²) in [7, 11) is 1.34. The van der Waals surface area contributed by atoms with E-state index in [-0.39, 0.29) is 30.4 Å². The number of nitrogens with zero attached hydrogens (tertiary/aromatic N) is 3. The van der Waals surface area contributed by atoms with Crippen LogP contribution in [0, 0.1) is 5.82 Å². The van der Waals surface area contributed by atoms with E-state index in [1.807, 2.05) is 0 Å². The Morgan fingerprint density at radius 2 is 1.75 bits per heavy atom. The molecule has 1 saturated heterocycles. The molecule has 3 rings (SSSR count). The van der Waals surface area contributed by atoms with Gasteiger partial charge in [-0.15, -0.1) is 25.6 Å². The molecular formula is C19H23ClF4N4O4. The van der Waals surface area contributed by atoms with Crippen molar-refractivity contribution in [1.82, 2.24) is 14.5 Å². The van der Waals surface area contributed by atoms with E-state index in [1.165, 1.54) is 19.4 Å². The summed E-state index contributed by atoms with van der Waals surface area (Å²) in [5, 5.41) is 0. The van der Waals surface area contributed by atoms with E-state index in [1.54, 1.807) is 4.90 Å². The number of hydrogen-bond acceptors (Lipinski definition) is 6. The van der Waals surface area contributed by atoms with Crippen molar-refractivity contribution in [3.63, 3.8) is 0 Å². The summed E-state index contributed by atoms with van der Waals surface area (Å²) in [6, 6.07) is 3.08. The van der Waals surface area contributed by atoms with Gasteiger partial charge in [0.25, 0.3) is 5.56 Å². The van der Waals surface area contributed by atoms with Crippen LogP contribution in [-0.2, 0) is 6.54 Å². The maximum atomic E-state index is 13.4. The third kappa shape index (κ3) is 6.39. The number of aromatic amines is 1. The highest BCUT2D eigenvalue weighted by atomic mass is 35.5. The molecule has 0 spiro atoms. The fourth-order valence-electron chi connectivity index (χ4n) is 3.46. The van der Waals surface area contributed by atoms with Gasteiger partial charge in [0, 0.05) is 38.8 Å². The number of rotatable bonds is 7. The number of nitrogens with one attached hydrogen (secondary N) is 1. The van der Waals surface area contributed by atoms with Gasteiger partial charge < -0.3 is 19.4 Å². The number of piperazine rings is 1. The molecule has 13 heteroatoms. The van der Waals surface area contributed by atoms with Crippen molar-refractivity contribution in [2.24, 2.45) is 0 Å². The lowest BCUT2D eigenvalue weighted by atomic mass is 10.2. The molecule has 178 valence electrons. The smallest absolute Gasteiger partial charge is 0.490 e. The molecular weight excluding hydrogens is 460 g/mol. The topological polar surface area (TPSA) is 79.8 Å². The van der Waals surface area contributed by atoms with Gasteiger partial charge in [-0.1, -0.05) is 0 Å². The van der Waals surface area contributed by atoms with Gasteiger partial charge in [-0.25, -0.2) is 9.18 Å². The Morgan fingerprint density at radius 3 is 2.38 bits per heavy atom. The minimum absolute atomic E-state index is 0. The average molecular weight is 483 g/mol. The van der Waals surface area contributed by atoms with Crippen molar-refractivity contribution in [1.29, 1.82) is 0 Å². The Kier molecular flexibility index (Phi) is 8.56. The summed E-state index contributed by atoms with van der Waals surface area (Å²) in [5.74, 6) is -1.34. The Morgan fingerprint density at radius 1 is 1.06 bits per heavy atom. The molecule has 32 heavy (non-hydrogen) atoms. The van der Waals surface area contributed by atoms with Crippen molar-refractivity contribution >= 4 is 18.1 Å². The molecule has 0 saturated carbocycles. The van der Waals surface area contributed by atoms with Gasteiger partial charge in [0.1, 0.15) is 5.82 Å². The standard InChI is InChI=1S/C19H22F4N4O4.ClH/c1-30-16-12-24-18(29)27(17(16)28)6-2-5-25-7-9-26(10-8-25)14-4-3-13(20)11-15(14)31-19(21,22)23;/h3-4,11-12H,2,5-10H2,1H3,(H,24,29);1H. The van der Waals surface area contributed by atoms with Crippen LogP contribution in [0.2, 0.25) is 0 Å². The van der Waals surface area contributed by atoms with E-state index in [2.05, 4.69) is 14.6 Å². The second kappa shape index (κ2) is 10.7. The van der Waals surface area contributed by atoms with E-state index >= 15 is 0 Å². The zero-order chi connectivity index (χ0) is 22.6. The van der Waals surface area contributed by atoms with Crippen molar-refractivity contribution in [2.75, 3.05) is 44.7 Å². The zero-order valence-corrected chi connectivity index (χ0v) is 18.0. The number of alkyl halides is 3. The van der Waals surface area contributed by atoms with E-state index in [0.29, 0.717) is 39.1 Å². The van der Waals surface area contributed by atoms with Crippen LogP contribution in [0.5, 0.6) is 11.5 Å². The number of aromatic nitrogens is 2. The van der Waals surface area contributed by atoms with Crippen LogP contribution >= 0.6 is 12.4 Å². The van der Waals surface area contributed by atoms with Crippen molar-refractivity contribution in [3.8, 4) is 11.5 Å². The maximum absolute atomic E-state index is 13.4. The molecule has 1 aliphatic rings. The second-order valence-electron chi connectivity index (χ2n) is 6.96. The number of hydrogen-bond donors (Lipinski definition) is 1. The molecule has 0 bridgehead atoms. The Hall–Kier alpha value is -2.73. The minimum Gasteiger partial charge on any atom is -0.490 e. The zero-order valence-electron chi connectivity index (χ0n) is 17.2. The van der Waals surface area contributed by atoms with Crippen molar-refractivity contribution in [3.05, 3.63) is 51.1 Å². The summed E-state index contributed by atoms with van der Waals surface area (Å²) in [4.78, 5) is 30.2. The quantitative estimate of drug-likeness (QED) is 0.610. The molecule has 0 atom stereocenters. The summed E-state index contributed by atoms with van der Waals surface area (Å²) in [6.45, 7) is 2.72. The molecule has 2 aromatic rings. The molecule has 2 heterocycles. The first kappa shape index (κ1) is 25.5. The molecule has 1 aliphatic heterocycles. The normalized spacial score (nSPS) is 14.7. The molecule has 0 radical (unpaired) electrons. The molecule has 0 unspecified atom stereocenters. The Bertz CT molecular complexity index is 1020. The Labute approximate surface area is 186 Å². The molecule has 0 aliphatic carbocycles. The van der Waals surface area contributed by atoms with Crippen molar-refractivity contribution < 1.29 is 27.0 Å². The molecule has 1 N–H and O–H groups in total. The van der Waals surface area contributed by atoms with Gasteiger partial charge in [0.15, 0.2) is 5.75 Å². The minimum atomic E-state index is -4.92. The number of anilines is 1. The number of methoxy groups -OCH3 is 1. The van der Waals surface area contributed by atoms with E-state index < -0.39 is 29.2 Å². The van der Waals surface area contributed by atoms with Gasteiger partial charge in [-0.05, 0) is 25.1 Å². The van der Waals surface area contributed by atoms with Gasteiger partial charge in [0.2, 0.25) is 5.75 Å². The van der Waals surface area contributed by atoms with Crippen LogP contribution in [-0.4, -0.2) is 60.6 Å². The van der Waals surface area contributed by atoms with Crippen LogP contribution in [0.15, 0.2) is 34.0 Å². The van der Waals surface area contributed by atoms with E-state index in [0.717, 1.165) is 16.7 Å². The van der Waals surface area contributed by atoms with E-state index in [9.17, 15) is 27.2 Å². The molecule has 8 nitrogen and oxygen atoms in total. The first-order valence-electron chi connectivity index (χ1n) is 9.57. The maximum Gasteiger partial charge on any atom is 0.573 e. The number of halogens is 5. The SMILES string of the molecule is COc1c[nH]c(=O)n(CCCN2CCN(c3ccc(F)cc3OC(F)(F)F)CC2)c1=O.Cl. The highest BCUT2D eigenvalue weighted by Crippen LogP contribution is 2.34. The summed E-state index contributed by atoms with van der Waals surface area (Å²) >= 11 is 0. The van der Waals surface area contributed by atoms with Crippen LogP contribution in [0.25, 0.3) is 0 Å². The summed E-state index contributed by atoms with van der Waals surface area (Å²) in [5.41, 5.74) is -0.860. The predicted octanol–water partition coefficient (Wildman–Crippen LogP) is 2.22. The average Bonchev–Trinajstić information content (AvgIpc) is 2.70. The third-order valence-corrected chi connectivity index (χ3v) is 4.96. The lowest BCUT2D eigenvalue weighted by Gasteiger charge is -2.36. The highest BCUT2D eigenvalue weighted by molar-refractivity contribution is 5.85. The van der Waals surface area contributed by atoms with Crippen LogP contribution in [0.4, 0.5) is 23.2 Å². The van der Waals surface area contributed by atoms with Crippen LogP contribution < -0.4 is 25.6 Å². The first-order chi connectivity index (χ1) is 14.7. The lowest BCUT2D eigenvalue weighted by Crippen LogP contribution is -2.47. The fraction of sp³-hybridized carbons (Fsp3) is 0.474. The van der Waals surface area contributed by atoms with Crippen molar-refractivity contribution in [2.45, 2.75) is 19.3 Å². The molecule has 0 amide bonds. The molecule has 1 fully saturated rings. The summed E-state index contributed by atoms with van der Waals surface area (Å²) in [6.07, 6.45) is -3.18. The summed E-state index contributed by atoms with van der Waals surface area (Å²) < 4.78 is 61.3. The Balaban J connectivity index is 0.00000363. The highest BCUT2D eigenvalue weighted by Gasteiger charge is 2.33. The third-order valence-electron chi connectivity index (χ3n) is 4.96. The van der Waals surface area contributed by atoms with Gasteiger partial charge in [0.05, 0.1) is 19.0 Å². The molecule has 1 aromatic heterocycles. The number of H-pyrrole nitrogens is 1.